The number of nitrogens with zero attached hydrogens (tertiary/aromatic N) is 1. The summed E-state index contributed by atoms with van der Waals surface area (Å²) in [5.41, 5.74) is 9.54. The zero-order chi connectivity index (χ0) is 23.6. The van der Waals surface area contributed by atoms with Crippen molar-refractivity contribution in [3.63, 3.8) is 0 Å². The second-order valence-electron chi connectivity index (χ2n) is 9.31. The molecule has 0 radical (unpaired) electrons. The Morgan fingerprint density at radius 3 is 2.88 bits per heavy atom. The van der Waals surface area contributed by atoms with Crippen LogP contribution in [0.25, 0.3) is 5.57 Å². The lowest BCUT2D eigenvalue weighted by atomic mass is 9.92. The lowest BCUT2D eigenvalue weighted by Crippen LogP contribution is -2.49. The summed E-state index contributed by atoms with van der Waals surface area (Å²) in [6.45, 7) is 3.00. The number of allylic oxidation sites excluding steroid dienone is 3. The lowest BCUT2D eigenvalue weighted by Gasteiger charge is -2.29. The highest BCUT2D eigenvalue weighted by Crippen LogP contribution is 2.40. The number of benzene rings is 1. The van der Waals surface area contributed by atoms with Gasteiger partial charge in [-0.2, -0.15) is 0 Å². The van der Waals surface area contributed by atoms with Crippen molar-refractivity contribution in [2.45, 2.75) is 50.9 Å². The van der Waals surface area contributed by atoms with E-state index in [9.17, 15) is 9.18 Å². The number of likely N-dealkylation sites (tertiary alicyclic amines) is 1. The van der Waals surface area contributed by atoms with Crippen LogP contribution < -0.4 is 21.7 Å². The number of rotatable bonds is 9. The highest BCUT2D eigenvalue weighted by molar-refractivity contribution is 6.08. The predicted octanol–water partition coefficient (Wildman–Crippen LogP) is 2.57. The summed E-state index contributed by atoms with van der Waals surface area (Å²) in [5, 5.41) is 17.2. The Labute approximate surface area is 194 Å². The van der Waals surface area contributed by atoms with E-state index in [-0.39, 0.29) is 17.9 Å². The summed E-state index contributed by atoms with van der Waals surface area (Å²) < 4.78 is 14.2. The van der Waals surface area contributed by atoms with E-state index in [4.69, 9.17) is 11.1 Å². The van der Waals surface area contributed by atoms with Crippen molar-refractivity contribution >= 4 is 17.7 Å². The highest BCUT2D eigenvalue weighted by atomic mass is 19.1. The highest BCUT2D eigenvalue weighted by Gasteiger charge is 2.47. The minimum Gasteiger partial charge on any atom is -0.393 e. The third kappa shape index (κ3) is 5.34. The Morgan fingerprint density at radius 2 is 2.18 bits per heavy atom. The fourth-order valence-corrected chi connectivity index (χ4v) is 4.62. The van der Waals surface area contributed by atoms with E-state index in [2.05, 4.69) is 16.0 Å². The summed E-state index contributed by atoms with van der Waals surface area (Å²) in [5.74, 6) is 0.255. The monoisotopic (exact) mass is 452 g/mol. The molecule has 1 saturated heterocycles. The lowest BCUT2D eigenvalue weighted by molar-refractivity contribution is -0.130. The average molecular weight is 453 g/mol. The van der Waals surface area contributed by atoms with Gasteiger partial charge >= 0.3 is 0 Å². The topological polar surface area (TPSA) is 106 Å². The van der Waals surface area contributed by atoms with Gasteiger partial charge in [-0.1, -0.05) is 12.8 Å². The second-order valence-corrected chi connectivity index (χ2v) is 9.31. The van der Waals surface area contributed by atoms with E-state index >= 15 is 0 Å². The molecule has 1 amide bonds. The molecule has 4 rings (SSSR count). The fraction of sp³-hybridized carbons (Fsp3) is 0.440. The SMILES string of the molecule is CN/C=C(\C=N)c1cc(F)cc(CNC2C=C(N3CCC(N)(CC4CC4)C3=O)C=C(C)N2)c1. The van der Waals surface area contributed by atoms with Crippen LogP contribution in [0.5, 0.6) is 0 Å². The van der Waals surface area contributed by atoms with Crippen LogP contribution in [0.4, 0.5) is 4.39 Å². The van der Waals surface area contributed by atoms with Crippen molar-refractivity contribution in [1.82, 2.24) is 20.9 Å². The molecule has 0 aromatic heterocycles. The molecule has 2 heterocycles. The van der Waals surface area contributed by atoms with Gasteiger partial charge in [-0.15, -0.1) is 0 Å². The van der Waals surface area contributed by atoms with Crippen LogP contribution in [0, 0.1) is 17.1 Å². The molecular formula is C25H33FN6O. The van der Waals surface area contributed by atoms with Gasteiger partial charge < -0.3 is 26.7 Å². The Balaban J connectivity index is 1.46. The van der Waals surface area contributed by atoms with E-state index in [0.717, 1.165) is 23.4 Å². The van der Waals surface area contributed by atoms with Crippen LogP contribution in [-0.4, -0.2) is 42.3 Å². The number of carbonyl (C=O) groups is 1. The molecule has 8 heteroatoms. The first-order valence-corrected chi connectivity index (χ1v) is 11.5. The van der Waals surface area contributed by atoms with Crippen molar-refractivity contribution in [3.05, 3.63) is 64.9 Å². The van der Waals surface area contributed by atoms with Crippen molar-refractivity contribution in [2.75, 3.05) is 13.6 Å². The van der Waals surface area contributed by atoms with Gasteiger partial charge in [0.1, 0.15) is 5.82 Å². The standard InChI is InChI=1S/C25H33FN6O/c1-16-7-22(32-6-5-25(28,24(32)33)12-17-3-4-17)11-23(31-16)30-14-18-8-19(10-21(26)9-18)20(13-27)15-29-2/h7-11,13,15,17,23,27,29-31H,3-6,12,14,28H2,1-2H3/b20-15+,27-13?. The van der Waals surface area contributed by atoms with E-state index in [1.165, 1.54) is 31.2 Å². The Kier molecular flexibility index (Phi) is 6.67. The van der Waals surface area contributed by atoms with Gasteiger partial charge in [-0.05, 0) is 67.2 Å². The third-order valence-electron chi connectivity index (χ3n) is 6.47. The van der Waals surface area contributed by atoms with E-state index in [1.807, 2.05) is 25.1 Å². The third-order valence-corrected chi connectivity index (χ3v) is 6.47. The Hall–Kier alpha value is -2.97. The molecule has 2 unspecified atom stereocenters. The molecule has 1 aliphatic carbocycles. The molecule has 0 bridgehead atoms. The number of hydrogen-bond acceptors (Lipinski definition) is 6. The number of nitrogens with two attached hydrogens (primary N) is 1. The predicted molar refractivity (Wildman–Crippen MR) is 128 cm³/mol. The van der Waals surface area contributed by atoms with Crippen LogP contribution in [0.15, 0.2) is 47.9 Å². The number of carbonyl (C=O) groups excluding carboxylic acids is 1. The number of nitrogens with one attached hydrogen (secondary N) is 4. The van der Waals surface area contributed by atoms with E-state index in [0.29, 0.717) is 36.6 Å². The zero-order valence-corrected chi connectivity index (χ0v) is 19.2. The van der Waals surface area contributed by atoms with Crippen LogP contribution in [0.2, 0.25) is 0 Å². The van der Waals surface area contributed by atoms with Crippen molar-refractivity contribution in [3.8, 4) is 0 Å². The van der Waals surface area contributed by atoms with E-state index in [1.54, 1.807) is 18.1 Å². The Morgan fingerprint density at radius 1 is 1.39 bits per heavy atom. The Bertz CT molecular complexity index is 1030. The molecule has 176 valence electrons. The summed E-state index contributed by atoms with van der Waals surface area (Å²) in [7, 11) is 1.74. The van der Waals surface area contributed by atoms with Crippen LogP contribution in [0.1, 0.15) is 43.7 Å². The molecule has 3 aliphatic rings. The number of hydrogen-bond donors (Lipinski definition) is 5. The first-order valence-electron chi connectivity index (χ1n) is 11.5. The first kappa shape index (κ1) is 23.2. The summed E-state index contributed by atoms with van der Waals surface area (Å²) in [6.07, 6.45) is 10.4. The quantitative estimate of drug-likeness (QED) is 0.370. The normalized spacial score (nSPS) is 25.5. The molecule has 7 nitrogen and oxygen atoms in total. The maximum Gasteiger partial charge on any atom is 0.247 e. The zero-order valence-electron chi connectivity index (χ0n) is 19.2. The number of amides is 1. The summed E-state index contributed by atoms with van der Waals surface area (Å²) in [6, 6.07) is 4.77. The number of dihydropyridines is 1. The van der Waals surface area contributed by atoms with Gasteiger partial charge in [0.15, 0.2) is 0 Å². The first-order chi connectivity index (χ1) is 15.8. The molecular weight excluding hydrogens is 419 g/mol. The average Bonchev–Trinajstić information content (AvgIpc) is 3.53. The van der Waals surface area contributed by atoms with Gasteiger partial charge in [-0.3, -0.25) is 10.1 Å². The van der Waals surface area contributed by atoms with Gasteiger partial charge in [0, 0.05) is 49.5 Å². The smallest absolute Gasteiger partial charge is 0.247 e. The minimum absolute atomic E-state index is 0.00983. The van der Waals surface area contributed by atoms with E-state index < -0.39 is 5.54 Å². The maximum atomic E-state index is 14.2. The van der Waals surface area contributed by atoms with Crippen molar-refractivity contribution in [1.29, 1.82) is 5.41 Å². The van der Waals surface area contributed by atoms with Gasteiger partial charge in [0.05, 0.1) is 11.7 Å². The second kappa shape index (κ2) is 9.49. The molecule has 0 spiro atoms. The fourth-order valence-electron chi connectivity index (χ4n) is 4.62. The molecule has 2 aliphatic heterocycles. The largest absolute Gasteiger partial charge is 0.393 e. The molecule has 1 saturated carbocycles. The van der Waals surface area contributed by atoms with Crippen molar-refractivity contribution < 1.29 is 9.18 Å². The molecule has 1 aromatic carbocycles. The van der Waals surface area contributed by atoms with Gasteiger partial charge in [0.2, 0.25) is 5.91 Å². The van der Waals surface area contributed by atoms with Crippen LogP contribution in [-0.2, 0) is 11.3 Å². The minimum atomic E-state index is -0.747. The molecule has 33 heavy (non-hydrogen) atoms. The summed E-state index contributed by atoms with van der Waals surface area (Å²) >= 11 is 0. The molecule has 2 fully saturated rings. The molecule has 2 atom stereocenters. The molecule has 6 N–H and O–H groups in total. The van der Waals surface area contributed by atoms with Crippen LogP contribution in [0.3, 0.4) is 0 Å². The number of halogens is 1. The molecule has 1 aromatic rings. The van der Waals surface area contributed by atoms with Crippen LogP contribution >= 0.6 is 0 Å². The maximum absolute atomic E-state index is 14.2. The van der Waals surface area contributed by atoms with Crippen molar-refractivity contribution in [2.24, 2.45) is 11.7 Å². The van der Waals surface area contributed by atoms with Gasteiger partial charge in [0.25, 0.3) is 0 Å². The summed E-state index contributed by atoms with van der Waals surface area (Å²) in [4.78, 5) is 14.9. The van der Waals surface area contributed by atoms with Gasteiger partial charge in [-0.25, -0.2) is 4.39 Å².